The quantitative estimate of drug-likeness (QED) is 0.128. The van der Waals surface area contributed by atoms with Crippen molar-refractivity contribution in [3.8, 4) is 11.8 Å². The van der Waals surface area contributed by atoms with Gasteiger partial charge in [0.2, 0.25) is 0 Å². The summed E-state index contributed by atoms with van der Waals surface area (Å²) in [6, 6.07) is 5.78. The molecule has 0 bridgehead atoms. The highest BCUT2D eigenvalue weighted by Gasteiger charge is 2.35. The normalized spacial score (nSPS) is 26.7. The molecule has 1 aliphatic heterocycles. The molecule has 0 spiro atoms. The van der Waals surface area contributed by atoms with Gasteiger partial charge in [0, 0.05) is 18.4 Å². The minimum Gasteiger partial charge on any atom is -0.461 e. The maximum atomic E-state index is 13.2. The molecule has 2 aliphatic carbocycles. The Morgan fingerprint density at radius 1 is 1.03 bits per heavy atom. The van der Waals surface area contributed by atoms with Crippen LogP contribution in [0.1, 0.15) is 83.6 Å². The highest BCUT2D eigenvalue weighted by molar-refractivity contribution is 8.24. The molecule has 1 aromatic carbocycles. The topological polar surface area (TPSA) is 85.6 Å². The molecule has 1 aromatic rings. The monoisotopic (exact) mass is 571 g/mol. The highest BCUT2D eigenvalue weighted by Crippen LogP contribution is 2.57. The number of carbonyl (C=O) groups is 2. The Morgan fingerprint density at radius 2 is 1.67 bits per heavy atom. The predicted octanol–water partition coefficient (Wildman–Crippen LogP) is 7.82. The van der Waals surface area contributed by atoms with E-state index >= 15 is 0 Å². The van der Waals surface area contributed by atoms with Crippen molar-refractivity contribution in [3.05, 3.63) is 27.5 Å². The van der Waals surface area contributed by atoms with Gasteiger partial charge >= 0.3 is 11.9 Å². The van der Waals surface area contributed by atoms with Crippen molar-refractivity contribution in [3.63, 3.8) is 0 Å². The fraction of sp³-hybridized carbons (Fsp3) is 0.645. The molecular weight excluding hydrogens is 530 g/mol. The summed E-state index contributed by atoms with van der Waals surface area (Å²) >= 11 is 2.68. The smallest absolute Gasteiger partial charge is 0.350 e. The van der Waals surface area contributed by atoms with Crippen molar-refractivity contribution in [2.75, 3.05) is 13.7 Å². The maximum Gasteiger partial charge on any atom is 0.350 e. The molecule has 0 aromatic heterocycles. The van der Waals surface area contributed by atoms with E-state index < -0.39 is 5.97 Å². The van der Waals surface area contributed by atoms with Gasteiger partial charge in [0.15, 0.2) is 5.57 Å². The van der Waals surface area contributed by atoms with Crippen LogP contribution in [0.3, 0.4) is 0 Å². The second-order valence-electron chi connectivity index (χ2n) is 11.2. The molecule has 1 atom stereocenters. The first-order valence-corrected chi connectivity index (χ1v) is 16.0. The van der Waals surface area contributed by atoms with Gasteiger partial charge in [-0.15, -0.1) is 0 Å². The average Bonchev–Trinajstić information content (AvgIpc) is 3.41. The van der Waals surface area contributed by atoms with Crippen molar-refractivity contribution in [1.82, 2.24) is 0 Å². The summed E-state index contributed by atoms with van der Waals surface area (Å²) in [6.07, 6.45) is 11.3. The number of rotatable bonds is 9. The van der Waals surface area contributed by atoms with Gasteiger partial charge in [-0.3, -0.25) is 4.79 Å². The zero-order chi connectivity index (χ0) is 27.9. The first kappa shape index (κ1) is 30.0. The number of ether oxygens (including phenoxy) is 3. The van der Waals surface area contributed by atoms with Gasteiger partial charge in [0.05, 0.1) is 27.8 Å². The van der Waals surface area contributed by atoms with E-state index in [1.54, 1.807) is 7.11 Å². The molecule has 39 heavy (non-hydrogen) atoms. The molecule has 3 aliphatic rings. The molecule has 2 fully saturated rings. The van der Waals surface area contributed by atoms with Gasteiger partial charge in [-0.1, -0.05) is 55.8 Å². The van der Waals surface area contributed by atoms with E-state index in [4.69, 9.17) is 14.2 Å². The van der Waals surface area contributed by atoms with Gasteiger partial charge in [-0.2, -0.15) is 5.26 Å². The third-order valence-electron chi connectivity index (χ3n) is 8.79. The Balaban J connectivity index is 1.37. The molecular formula is C31H41NO5S2. The van der Waals surface area contributed by atoms with Crippen LogP contribution in [0, 0.1) is 41.9 Å². The van der Waals surface area contributed by atoms with Crippen molar-refractivity contribution >= 4 is 35.5 Å². The van der Waals surface area contributed by atoms with E-state index in [0.717, 1.165) is 58.8 Å². The van der Waals surface area contributed by atoms with Crippen LogP contribution in [0.2, 0.25) is 0 Å². The van der Waals surface area contributed by atoms with Gasteiger partial charge in [-0.05, 0) is 81.8 Å². The molecule has 212 valence electrons. The lowest BCUT2D eigenvalue weighted by molar-refractivity contribution is -0.141. The molecule has 4 rings (SSSR count). The van der Waals surface area contributed by atoms with Crippen LogP contribution in [-0.4, -0.2) is 31.8 Å². The van der Waals surface area contributed by atoms with Crippen LogP contribution in [0.25, 0.3) is 0 Å². The van der Waals surface area contributed by atoms with Crippen molar-refractivity contribution in [2.24, 2.45) is 23.7 Å². The Bertz CT molecular complexity index is 1110. The lowest BCUT2D eigenvalue weighted by Gasteiger charge is -2.37. The average molecular weight is 572 g/mol. The Kier molecular flexibility index (Phi) is 10.9. The first-order chi connectivity index (χ1) is 18.8. The summed E-state index contributed by atoms with van der Waals surface area (Å²) in [4.78, 5) is 27.6. The highest BCUT2D eigenvalue weighted by atomic mass is 32.2. The van der Waals surface area contributed by atoms with Crippen LogP contribution in [0.5, 0.6) is 5.75 Å². The number of thioether (sulfide) groups is 2. The molecule has 1 heterocycles. The summed E-state index contributed by atoms with van der Waals surface area (Å²) in [7, 11) is 1.61. The number of hydrogen-bond acceptors (Lipinski definition) is 8. The lowest BCUT2D eigenvalue weighted by atomic mass is 9.69. The van der Waals surface area contributed by atoms with E-state index in [1.165, 1.54) is 55.6 Å². The lowest BCUT2D eigenvalue weighted by Crippen LogP contribution is -2.30. The first-order valence-electron chi connectivity index (χ1n) is 14.4. The van der Waals surface area contributed by atoms with Gasteiger partial charge < -0.3 is 14.2 Å². The maximum absolute atomic E-state index is 13.2. The van der Waals surface area contributed by atoms with E-state index in [-0.39, 0.29) is 30.2 Å². The zero-order valence-corrected chi connectivity index (χ0v) is 25.3. The number of fused-ring (bicyclic) bond motifs is 1. The van der Waals surface area contributed by atoms with E-state index in [9.17, 15) is 14.9 Å². The number of esters is 2. The summed E-state index contributed by atoms with van der Waals surface area (Å²) in [5.41, 5.74) is 0.990. The van der Waals surface area contributed by atoms with Crippen LogP contribution < -0.4 is 4.74 Å². The molecule has 0 saturated heterocycles. The third kappa shape index (κ3) is 7.42. The van der Waals surface area contributed by atoms with Gasteiger partial charge in [0.1, 0.15) is 11.8 Å². The van der Waals surface area contributed by atoms with E-state index in [2.05, 4.69) is 6.92 Å². The summed E-state index contributed by atoms with van der Waals surface area (Å²) in [5, 5.41) is 9.74. The number of nitrogens with zero attached hydrogens (tertiary/aromatic N) is 1. The predicted molar refractivity (Wildman–Crippen MR) is 154 cm³/mol. The fourth-order valence-electron chi connectivity index (χ4n) is 6.02. The third-order valence-corrected chi connectivity index (χ3v) is 11.5. The van der Waals surface area contributed by atoms with Crippen molar-refractivity contribution in [2.45, 2.75) is 101 Å². The minimum atomic E-state index is -0.639. The van der Waals surface area contributed by atoms with Gasteiger partial charge in [-0.25, -0.2) is 4.79 Å². The number of aryl methyl sites for hydroxylation is 1. The molecule has 0 amide bonds. The minimum absolute atomic E-state index is 0.0192. The number of benzene rings is 1. The standard InChI is InChI=1S/C31H41NO5S2/c1-5-21-7-9-22(10-8-21)23-11-13-24(14-12-23)29(33)37-26-15-6-19(2)27-28(26)39-31(38-27)25(18-32)30(34)36-17-16-20(3)35-4/h6,15,20-24H,5,7-14,16-17H2,1-4H3. The summed E-state index contributed by atoms with van der Waals surface area (Å²) < 4.78 is 17.1. The number of nitriles is 1. The summed E-state index contributed by atoms with van der Waals surface area (Å²) in [6.45, 7) is 6.36. The molecule has 1 unspecified atom stereocenters. The molecule has 8 heteroatoms. The molecule has 2 saturated carbocycles. The number of hydrogen-bond donors (Lipinski definition) is 0. The Morgan fingerprint density at radius 3 is 2.28 bits per heavy atom. The Labute approximate surface area is 241 Å². The number of methoxy groups -OCH3 is 1. The van der Waals surface area contributed by atoms with Crippen molar-refractivity contribution < 1.29 is 23.8 Å². The second kappa shape index (κ2) is 14.1. The SMILES string of the molecule is CCC1CCC(C2CCC(C(=O)Oc3ccc(C)c4c3SC(=C(C#N)C(=O)OCCC(C)OC)S4)CC2)CC1. The molecule has 0 radical (unpaired) electrons. The summed E-state index contributed by atoms with van der Waals surface area (Å²) in [5.74, 6) is 2.12. The van der Waals surface area contributed by atoms with Crippen LogP contribution >= 0.6 is 23.5 Å². The van der Waals surface area contributed by atoms with Crippen LogP contribution in [-0.2, 0) is 19.1 Å². The van der Waals surface area contributed by atoms with Crippen LogP contribution in [0.4, 0.5) is 0 Å². The Hall–Kier alpha value is -1.95. The largest absolute Gasteiger partial charge is 0.461 e. The fourth-order valence-corrected chi connectivity index (χ4v) is 8.66. The van der Waals surface area contributed by atoms with E-state index in [1.807, 2.05) is 32.0 Å². The molecule has 6 nitrogen and oxygen atoms in total. The second-order valence-corrected chi connectivity index (χ2v) is 13.5. The number of carbonyl (C=O) groups excluding carboxylic acids is 2. The molecule has 0 N–H and O–H groups in total. The van der Waals surface area contributed by atoms with E-state index in [0.29, 0.717) is 16.4 Å². The van der Waals surface area contributed by atoms with Crippen LogP contribution in [0.15, 0.2) is 31.7 Å². The van der Waals surface area contributed by atoms with Gasteiger partial charge in [0.25, 0.3) is 0 Å². The van der Waals surface area contributed by atoms with Crippen molar-refractivity contribution in [1.29, 1.82) is 5.26 Å². The zero-order valence-electron chi connectivity index (χ0n) is 23.6.